The maximum atomic E-state index is 5.30. The molecular weight excluding hydrogens is 252 g/mol. The van der Waals surface area contributed by atoms with Crippen LogP contribution in [0.5, 0.6) is 0 Å². The molecule has 6 nitrogen and oxygen atoms in total. The Morgan fingerprint density at radius 1 is 0.421 bits per heavy atom. The zero-order valence-corrected chi connectivity index (χ0v) is 11.1. The Labute approximate surface area is 113 Å². The highest BCUT2D eigenvalue weighted by Crippen LogP contribution is 1.90. The van der Waals surface area contributed by atoms with Gasteiger partial charge in [-0.25, -0.2) is 0 Å². The molecule has 0 aromatic rings. The summed E-state index contributed by atoms with van der Waals surface area (Å²) in [6.45, 7) is 4.30. The Kier molecular flexibility index (Phi) is 10.7. The monoisotopic (exact) mass is 274 g/mol. The summed E-state index contributed by atoms with van der Waals surface area (Å²) in [6.07, 6.45) is 6.87. The Morgan fingerprint density at radius 2 is 0.789 bits per heavy atom. The van der Waals surface area contributed by atoms with Crippen LogP contribution in [0.2, 0.25) is 0 Å². The molecule has 0 radical (unpaired) electrons. The lowest BCUT2D eigenvalue weighted by Gasteiger charge is -2.05. The summed E-state index contributed by atoms with van der Waals surface area (Å²) in [7, 11) is 0. The van der Waals surface area contributed by atoms with Crippen LogP contribution in [0, 0.1) is 0 Å². The fourth-order valence-electron chi connectivity index (χ4n) is 1.19. The SMILES string of the molecule is C1=COCCOCCOCCOC=COCCCO1. The van der Waals surface area contributed by atoms with E-state index in [0.717, 1.165) is 6.42 Å². The molecule has 1 aliphatic heterocycles. The molecule has 1 aliphatic rings. The van der Waals surface area contributed by atoms with Crippen molar-refractivity contribution in [3.05, 3.63) is 25.0 Å². The maximum absolute atomic E-state index is 5.30. The zero-order chi connectivity index (χ0) is 13.4. The third-order valence-corrected chi connectivity index (χ3v) is 2.08. The quantitative estimate of drug-likeness (QED) is 0.666. The normalized spacial score (nSPS) is 20.6. The molecular formula is C13H22O6. The minimum atomic E-state index is 0.496. The standard InChI is InChI=1S/C13H22O6/c1-2-14-4-6-16-8-10-18-12-13-19-11-9-17-7-5-15-3-1/h4-7H,1-3,8-13H2. The maximum Gasteiger partial charge on any atom is 0.117 e. The molecule has 19 heavy (non-hydrogen) atoms. The summed E-state index contributed by atoms with van der Waals surface area (Å²) in [5, 5.41) is 0. The van der Waals surface area contributed by atoms with Gasteiger partial charge in [0.1, 0.15) is 38.3 Å². The van der Waals surface area contributed by atoms with Crippen molar-refractivity contribution < 1.29 is 28.4 Å². The number of hydrogen-bond donors (Lipinski definition) is 0. The molecule has 1 rings (SSSR count). The van der Waals surface area contributed by atoms with Gasteiger partial charge in [0.05, 0.1) is 39.6 Å². The first-order chi connectivity index (χ1) is 9.50. The first-order valence-electron chi connectivity index (χ1n) is 6.42. The van der Waals surface area contributed by atoms with Crippen molar-refractivity contribution >= 4 is 0 Å². The van der Waals surface area contributed by atoms with Crippen molar-refractivity contribution in [1.29, 1.82) is 0 Å². The molecule has 0 aromatic heterocycles. The first kappa shape index (κ1) is 15.7. The van der Waals surface area contributed by atoms with Crippen LogP contribution < -0.4 is 0 Å². The molecule has 0 fully saturated rings. The molecule has 0 bridgehead atoms. The van der Waals surface area contributed by atoms with Gasteiger partial charge in [-0.15, -0.1) is 0 Å². The summed E-state index contributed by atoms with van der Waals surface area (Å²) >= 11 is 0. The highest BCUT2D eigenvalue weighted by Gasteiger charge is 1.91. The van der Waals surface area contributed by atoms with Gasteiger partial charge in [0, 0.05) is 6.42 Å². The number of hydrogen-bond acceptors (Lipinski definition) is 6. The Bertz CT molecular complexity index is 217. The molecule has 1 heterocycles. The summed E-state index contributed by atoms with van der Waals surface area (Å²) < 4.78 is 31.3. The van der Waals surface area contributed by atoms with Crippen LogP contribution in [-0.2, 0) is 28.4 Å². The first-order valence-corrected chi connectivity index (χ1v) is 6.42. The van der Waals surface area contributed by atoms with Crippen LogP contribution >= 0.6 is 0 Å². The fraction of sp³-hybridized carbons (Fsp3) is 0.692. The van der Waals surface area contributed by atoms with Gasteiger partial charge in [-0.1, -0.05) is 0 Å². The highest BCUT2D eigenvalue weighted by molar-refractivity contribution is 4.62. The third kappa shape index (κ3) is 11.4. The van der Waals surface area contributed by atoms with E-state index in [0.29, 0.717) is 52.9 Å². The van der Waals surface area contributed by atoms with Crippen LogP contribution in [0.25, 0.3) is 0 Å². The van der Waals surface area contributed by atoms with Crippen molar-refractivity contribution in [3.63, 3.8) is 0 Å². The molecule has 0 saturated carbocycles. The van der Waals surface area contributed by atoms with E-state index in [9.17, 15) is 0 Å². The van der Waals surface area contributed by atoms with E-state index < -0.39 is 0 Å². The average molecular weight is 274 g/mol. The number of ether oxygens (including phenoxy) is 6. The van der Waals surface area contributed by atoms with E-state index in [4.69, 9.17) is 28.4 Å². The topological polar surface area (TPSA) is 55.4 Å². The van der Waals surface area contributed by atoms with Gasteiger partial charge in [0.25, 0.3) is 0 Å². The molecule has 0 N–H and O–H groups in total. The van der Waals surface area contributed by atoms with Crippen LogP contribution in [-0.4, -0.2) is 52.9 Å². The van der Waals surface area contributed by atoms with E-state index in [1.807, 2.05) is 0 Å². The van der Waals surface area contributed by atoms with Gasteiger partial charge in [-0.05, 0) is 0 Å². The summed E-state index contributed by atoms with van der Waals surface area (Å²) in [5.41, 5.74) is 0. The van der Waals surface area contributed by atoms with Crippen molar-refractivity contribution in [1.82, 2.24) is 0 Å². The fourth-order valence-corrected chi connectivity index (χ4v) is 1.19. The van der Waals surface area contributed by atoms with E-state index in [2.05, 4.69) is 0 Å². The average Bonchev–Trinajstić information content (AvgIpc) is 2.43. The van der Waals surface area contributed by atoms with Crippen molar-refractivity contribution in [2.24, 2.45) is 0 Å². The molecule has 0 saturated heterocycles. The molecule has 0 aliphatic carbocycles. The van der Waals surface area contributed by atoms with Gasteiger partial charge in [-0.3, -0.25) is 0 Å². The van der Waals surface area contributed by atoms with Crippen LogP contribution in [0.1, 0.15) is 6.42 Å². The second kappa shape index (κ2) is 13.0. The van der Waals surface area contributed by atoms with E-state index in [-0.39, 0.29) is 0 Å². The number of rotatable bonds is 0. The molecule has 110 valence electrons. The van der Waals surface area contributed by atoms with Gasteiger partial charge < -0.3 is 28.4 Å². The lowest BCUT2D eigenvalue weighted by Crippen LogP contribution is -2.10. The summed E-state index contributed by atoms with van der Waals surface area (Å²) in [5.74, 6) is 0. The van der Waals surface area contributed by atoms with Gasteiger partial charge in [-0.2, -0.15) is 0 Å². The molecule has 6 heteroatoms. The van der Waals surface area contributed by atoms with Crippen LogP contribution in [0.15, 0.2) is 25.0 Å². The lowest BCUT2D eigenvalue weighted by atomic mass is 10.5. The molecule has 0 amide bonds. The summed E-state index contributed by atoms with van der Waals surface area (Å²) in [6, 6.07) is 0. The molecule has 0 aromatic carbocycles. The molecule has 0 unspecified atom stereocenters. The van der Waals surface area contributed by atoms with E-state index >= 15 is 0 Å². The molecule has 0 spiro atoms. The van der Waals surface area contributed by atoms with Crippen LogP contribution in [0.3, 0.4) is 0 Å². The van der Waals surface area contributed by atoms with Crippen molar-refractivity contribution in [2.45, 2.75) is 6.42 Å². The Hall–Kier alpha value is -1.40. The lowest BCUT2D eigenvalue weighted by molar-refractivity contribution is 0.0177. The van der Waals surface area contributed by atoms with Crippen molar-refractivity contribution in [2.75, 3.05) is 52.9 Å². The summed E-state index contributed by atoms with van der Waals surface area (Å²) in [4.78, 5) is 0. The smallest absolute Gasteiger partial charge is 0.117 e. The molecule has 0 atom stereocenters. The predicted octanol–water partition coefficient (Wildman–Crippen LogP) is 1.43. The third-order valence-electron chi connectivity index (χ3n) is 2.08. The minimum absolute atomic E-state index is 0.496. The second-order valence-corrected chi connectivity index (χ2v) is 3.61. The minimum Gasteiger partial charge on any atom is -0.498 e. The van der Waals surface area contributed by atoms with Gasteiger partial charge in [0.2, 0.25) is 0 Å². The van der Waals surface area contributed by atoms with E-state index in [1.54, 1.807) is 0 Å². The largest absolute Gasteiger partial charge is 0.498 e. The Morgan fingerprint density at radius 3 is 1.26 bits per heavy atom. The van der Waals surface area contributed by atoms with Gasteiger partial charge in [0.15, 0.2) is 0 Å². The van der Waals surface area contributed by atoms with Crippen LogP contribution in [0.4, 0.5) is 0 Å². The van der Waals surface area contributed by atoms with Crippen molar-refractivity contribution in [3.8, 4) is 0 Å². The Balaban J connectivity index is 2.12. The van der Waals surface area contributed by atoms with E-state index in [1.165, 1.54) is 25.0 Å². The predicted molar refractivity (Wildman–Crippen MR) is 68.3 cm³/mol. The zero-order valence-electron chi connectivity index (χ0n) is 11.1. The second-order valence-electron chi connectivity index (χ2n) is 3.61. The van der Waals surface area contributed by atoms with Gasteiger partial charge >= 0.3 is 0 Å². The highest BCUT2D eigenvalue weighted by atomic mass is 16.6.